The number of benzene rings is 3. The number of methoxy groups -OCH3 is 1. The number of nitrogen functional groups attached to an aromatic ring is 1. The number of nitrogens with two attached hydrogens (primary N) is 1. The van der Waals surface area contributed by atoms with Gasteiger partial charge in [-0.05, 0) is 49.4 Å². The van der Waals surface area contributed by atoms with Crippen LogP contribution in [0.15, 0.2) is 78.9 Å². The molecule has 6 heteroatoms. The maximum absolute atomic E-state index is 12.6. The third-order valence-electron chi connectivity index (χ3n) is 4.78. The number of carbonyl (C=O) groups is 1. The molecule has 6 nitrogen and oxygen atoms in total. The van der Waals surface area contributed by atoms with E-state index in [4.69, 9.17) is 10.5 Å². The lowest BCUT2D eigenvalue weighted by atomic mass is 10.1. The Morgan fingerprint density at radius 2 is 1.77 bits per heavy atom. The minimum absolute atomic E-state index is 0.222. The van der Waals surface area contributed by atoms with Crippen LogP contribution in [0.2, 0.25) is 0 Å². The van der Waals surface area contributed by atoms with E-state index in [0.717, 1.165) is 22.5 Å². The lowest BCUT2D eigenvalue weighted by Crippen LogP contribution is -2.12. The van der Waals surface area contributed by atoms with Crippen LogP contribution in [0.25, 0.3) is 16.9 Å². The van der Waals surface area contributed by atoms with Crippen molar-refractivity contribution in [1.82, 2.24) is 9.78 Å². The summed E-state index contributed by atoms with van der Waals surface area (Å²) in [5, 5.41) is 7.50. The summed E-state index contributed by atoms with van der Waals surface area (Å²) in [6.45, 7) is 2.04. The molecule has 0 aliphatic heterocycles. The van der Waals surface area contributed by atoms with E-state index in [2.05, 4.69) is 16.5 Å². The molecular formula is C24H22N4O2. The Labute approximate surface area is 174 Å². The Morgan fingerprint density at radius 1 is 1.00 bits per heavy atom. The van der Waals surface area contributed by atoms with Gasteiger partial charge in [-0.2, -0.15) is 5.10 Å². The number of hydrogen-bond acceptors (Lipinski definition) is 4. The molecular weight excluding hydrogens is 376 g/mol. The highest BCUT2D eigenvalue weighted by Crippen LogP contribution is 2.25. The van der Waals surface area contributed by atoms with Gasteiger partial charge in [0.15, 0.2) is 0 Å². The predicted octanol–water partition coefficient (Wildman–Crippen LogP) is 4.69. The number of anilines is 2. The van der Waals surface area contributed by atoms with Crippen LogP contribution in [0.1, 0.15) is 15.9 Å². The number of amides is 1. The zero-order chi connectivity index (χ0) is 21.1. The van der Waals surface area contributed by atoms with Crippen molar-refractivity contribution in [3.05, 3.63) is 90.0 Å². The first-order valence-corrected chi connectivity index (χ1v) is 9.52. The second-order valence-electron chi connectivity index (χ2n) is 6.94. The van der Waals surface area contributed by atoms with Crippen molar-refractivity contribution in [1.29, 1.82) is 0 Å². The molecule has 0 unspecified atom stereocenters. The molecule has 4 rings (SSSR count). The highest BCUT2D eigenvalue weighted by Gasteiger charge is 2.12. The number of ether oxygens (including phenoxy) is 1. The minimum Gasteiger partial charge on any atom is -0.495 e. The predicted molar refractivity (Wildman–Crippen MR) is 119 cm³/mol. The molecule has 1 aromatic heterocycles. The van der Waals surface area contributed by atoms with E-state index in [-0.39, 0.29) is 5.91 Å². The van der Waals surface area contributed by atoms with E-state index in [1.165, 1.54) is 0 Å². The number of hydrogen-bond donors (Lipinski definition) is 2. The van der Waals surface area contributed by atoms with Crippen LogP contribution in [0.5, 0.6) is 5.75 Å². The van der Waals surface area contributed by atoms with Gasteiger partial charge < -0.3 is 15.8 Å². The molecule has 4 aromatic rings. The second-order valence-corrected chi connectivity index (χ2v) is 6.94. The van der Waals surface area contributed by atoms with Gasteiger partial charge in [-0.3, -0.25) is 4.79 Å². The number of rotatable bonds is 5. The Bertz CT molecular complexity index is 1200. The van der Waals surface area contributed by atoms with Crippen LogP contribution in [0.3, 0.4) is 0 Å². The lowest BCUT2D eigenvalue weighted by Gasteiger charge is -2.10. The van der Waals surface area contributed by atoms with E-state index in [0.29, 0.717) is 22.8 Å². The number of carbonyl (C=O) groups excluding carboxylic acids is 1. The van der Waals surface area contributed by atoms with Crippen LogP contribution < -0.4 is 15.8 Å². The molecule has 0 saturated heterocycles. The van der Waals surface area contributed by atoms with Crippen LogP contribution in [-0.2, 0) is 0 Å². The van der Waals surface area contributed by atoms with Gasteiger partial charge in [0.1, 0.15) is 11.6 Å². The van der Waals surface area contributed by atoms with Gasteiger partial charge in [-0.25, -0.2) is 4.68 Å². The van der Waals surface area contributed by atoms with E-state index < -0.39 is 0 Å². The molecule has 0 saturated carbocycles. The Morgan fingerprint density at radius 3 is 2.50 bits per heavy atom. The van der Waals surface area contributed by atoms with Gasteiger partial charge in [0, 0.05) is 17.2 Å². The first-order chi connectivity index (χ1) is 14.5. The lowest BCUT2D eigenvalue weighted by molar-refractivity contribution is 0.102. The van der Waals surface area contributed by atoms with E-state index in [9.17, 15) is 4.79 Å². The number of para-hydroxylation sites is 2. The summed E-state index contributed by atoms with van der Waals surface area (Å²) >= 11 is 0. The highest BCUT2D eigenvalue weighted by atomic mass is 16.5. The first kappa shape index (κ1) is 19.3. The molecule has 0 aliphatic rings. The van der Waals surface area contributed by atoms with Gasteiger partial charge in [0.05, 0.1) is 24.2 Å². The van der Waals surface area contributed by atoms with Crippen molar-refractivity contribution < 1.29 is 9.53 Å². The molecule has 1 heterocycles. The summed E-state index contributed by atoms with van der Waals surface area (Å²) in [6, 6.07) is 24.4. The molecule has 0 aliphatic carbocycles. The van der Waals surface area contributed by atoms with E-state index in [1.807, 2.05) is 55.5 Å². The summed E-state index contributed by atoms with van der Waals surface area (Å²) in [5.41, 5.74) is 11.1. The summed E-state index contributed by atoms with van der Waals surface area (Å²) in [5.74, 6) is 0.910. The van der Waals surface area contributed by atoms with Crippen LogP contribution >= 0.6 is 0 Å². The zero-order valence-electron chi connectivity index (χ0n) is 16.8. The third kappa shape index (κ3) is 3.89. The van der Waals surface area contributed by atoms with Gasteiger partial charge >= 0.3 is 0 Å². The number of nitrogens with one attached hydrogen (secondary N) is 1. The van der Waals surface area contributed by atoms with Gasteiger partial charge in [-0.15, -0.1) is 0 Å². The number of nitrogens with zero attached hydrogens (tertiary/aromatic N) is 2. The molecule has 0 fully saturated rings. The molecule has 0 atom stereocenters. The summed E-state index contributed by atoms with van der Waals surface area (Å²) < 4.78 is 6.94. The molecule has 30 heavy (non-hydrogen) atoms. The number of aryl methyl sites for hydroxylation is 1. The molecule has 0 spiro atoms. The van der Waals surface area contributed by atoms with Crippen molar-refractivity contribution in [3.63, 3.8) is 0 Å². The topological polar surface area (TPSA) is 82.2 Å². The minimum atomic E-state index is -0.222. The second kappa shape index (κ2) is 8.13. The maximum atomic E-state index is 12.6. The van der Waals surface area contributed by atoms with Crippen LogP contribution in [-0.4, -0.2) is 22.8 Å². The largest absolute Gasteiger partial charge is 0.495 e. The monoisotopic (exact) mass is 398 g/mol. The fraction of sp³-hybridized carbons (Fsp3) is 0.0833. The summed E-state index contributed by atoms with van der Waals surface area (Å²) in [6.07, 6.45) is 0. The van der Waals surface area contributed by atoms with Gasteiger partial charge in [0.25, 0.3) is 5.91 Å². The van der Waals surface area contributed by atoms with Crippen molar-refractivity contribution in [3.8, 4) is 22.7 Å². The highest BCUT2D eigenvalue weighted by molar-refractivity contribution is 6.05. The fourth-order valence-electron chi connectivity index (χ4n) is 3.24. The fourth-order valence-corrected chi connectivity index (χ4v) is 3.24. The quantitative estimate of drug-likeness (QED) is 0.511. The zero-order valence-corrected chi connectivity index (χ0v) is 16.8. The standard InChI is InChI=1S/C24H22N4O2/c1-16-6-5-7-18(14-16)21-15-23(25)28(27-21)19-12-10-17(11-13-19)24(29)26-20-8-3-4-9-22(20)30-2/h3-15H,25H2,1-2H3,(H,26,29). The first-order valence-electron chi connectivity index (χ1n) is 9.52. The van der Waals surface area contributed by atoms with Crippen LogP contribution in [0.4, 0.5) is 11.5 Å². The molecule has 0 radical (unpaired) electrons. The SMILES string of the molecule is COc1ccccc1NC(=O)c1ccc(-n2nc(-c3cccc(C)c3)cc2N)cc1. The average Bonchev–Trinajstić information content (AvgIpc) is 3.16. The number of aromatic nitrogens is 2. The Balaban J connectivity index is 1.56. The molecule has 150 valence electrons. The normalized spacial score (nSPS) is 10.6. The van der Waals surface area contributed by atoms with Crippen molar-refractivity contribution in [2.24, 2.45) is 0 Å². The summed E-state index contributed by atoms with van der Waals surface area (Å²) in [4.78, 5) is 12.6. The molecule has 1 amide bonds. The van der Waals surface area contributed by atoms with Crippen LogP contribution in [0, 0.1) is 6.92 Å². The van der Waals surface area contributed by atoms with E-state index >= 15 is 0 Å². The molecule has 3 aromatic carbocycles. The molecule has 3 N–H and O–H groups in total. The van der Waals surface area contributed by atoms with Crippen molar-refractivity contribution in [2.45, 2.75) is 6.92 Å². The Hall–Kier alpha value is -4.06. The Kier molecular flexibility index (Phi) is 5.22. The summed E-state index contributed by atoms with van der Waals surface area (Å²) in [7, 11) is 1.57. The van der Waals surface area contributed by atoms with Crippen molar-refractivity contribution >= 4 is 17.4 Å². The van der Waals surface area contributed by atoms with Gasteiger partial charge in [0.2, 0.25) is 0 Å². The maximum Gasteiger partial charge on any atom is 0.255 e. The van der Waals surface area contributed by atoms with E-state index in [1.54, 1.807) is 36.1 Å². The van der Waals surface area contributed by atoms with Crippen molar-refractivity contribution in [2.75, 3.05) is 18.2 Å². The third-order valence-corrected chi connectivity index (χ3v) is 4.78. The molecule has 0 bridgehead atoms. The smallest absolute Gasteiger partial charge is 0.255 e. The average molecular weight is 398 g/mol. The van der Waals surface area contributed by atoms with Gasteiger partial charge in [-0.1, -0.05) is 35.9 Å².